The highest BCUT2D eigenvalue weighted by molar-refractivity contribution is 5.72. The standard InChI is InChI=1S/C23H37NO5/c1-28-20-14-12-10-8-6-4-2-3-5-7-9-11-13-15-23(25)29-22-18-16-21(17-19-22)24(26)27/h16-19H,2-15,20H2,1H3. The Morgan fingerprint density at radius 3 is 1.69 bits per heavy atom. The Morgan fingerprint density at radius 1 is 0.793 bits per heavy atom. The zero-order chi connectivity index (χ0) is 21.2. The zero-order valence-electron chi connectivity index (χ0n) is 17.9. The summed E-state index contributed by atoms with van der Waals surface area (Å²) in [5.41, 5.74) is -0.0113. The summed E-state index contributed by atoms with van der Waals surface area (Å²) in [7, 11) is 1.76. The number of nitrogens with zero attached hydrogens (tertiary/aromatic N) is 1. The molecule has 0 saturated carbocycles. The molecule has 0 aliphatic carbocycles. The van der Waals surface area contributed by atoms with E-state index in [2.05, 4.69) is 0 Å². The molecule has 1 rings (SSSR count). The number of carbonyl (C=O) groups is 1. The Hall–Kier alpha value is -1.95. The van der Waals surface area contributed by atoms with Gasteiger partial charge in [0.15, 0.2) is 0 Å². The number of rotatable bonds is 18. The molecule has 0 heterocycles. The predicted molar refractivity (Wildman–Crippen MR) is 115 cm³/mol. The van der Waals surface area contributed by atoms with Crippen molar-refractivity contribution in [1.29, 1.82) is 0 Å². The number of methoxy groups -OCH3 is 1. The van der Waals surface area contributed by atoms with E-state index in [9.17, 15) is 14.9 Å². The van der Waals surface area contributed by atoms with Gasteiger partial charge in [0.05, 0.1) is 4.92 Å². The Labute approximate surface area is 175 Å². The number of non-ortho nitro benzene ring substituents is 1. The molecule has 0 radical (unpaired) electrons. The van der Waals surface area contributed by atoms with Crippen LogP contribution in [0.5, 0.6) is 5.75 Å². The molecule has 0 fully saturated rings. The second-order valence-corrected chi connectivity index (χ2v) is 7.56. The van der Waals surface area contributed by atoms with E-state index < -0.39 is 4.92 Å². The van der Waals surface area contributed by atoms with Crippen LogP contribution < -0.4 is 4.74 Å². The normalized spacial score (nSPS) is 10.8. The average molecular weight is 408 g/mol. The van der Waals surface area contributed by atoms with Crippen molar-refractivity contribution in [2.75, 3.05) is 13.7 Å². The van der Waals surface area contributed by atoms with Crippen LogP contribution in [0, 0.1) is 10.1 Å². The lowest BCUT2D eigenvalue weighted by atomic mass is 10.0. The lowest BCUT2D eigenvalue weighted by Crippen LogP contribution is -2.07. The van der Waals surface area contributed by atoms with Gasteiger partial charge >= 0.3 is 5.97 Å². The minimum atomic E-state index is -0.475. The van der Waals surface area contributed by atoms with E-state index in [1.165, 1.54) is 88.5 Å². The molecule has 29 heavy (non-hydrogen) atoms. The van der Waals surface area contributed by atoms with Crippen LogP contribution in [0.4, 0.5) is 5.69 Å². The summed E-state index contributed by atoms with van der Waals surface area (Å²) in [6, 6.07) is 5.59. The van der Waals surface area contributed by atoms with Gasteiger partial charge in [-0.05, 0) is 25.0 Å². The molecule has 0 atom stereocenters. The van der Waals surface area contributed by atoms with Crippen molar-refractivity contribution < 1.29 is 19.2 Å². The Kier molecular flexibility index (Phi) is 14.7. The molecule has 0 aliphatic rings. The van der Waals surface area contributed by atoms with Crippen molar-refractivity contribution in [2.45, 2.75) is 89.9 Å². The molecule has 0 aliphatic heterocycles. The Bertz CT molecular complexity index is 559. The van der Waals surface area contributed by atoms with Gasteiger partial charge in [-0.25, -0.2) is 0 Å². The molecule has 0 unspecified atom stereocenters. The number of ether oxygens (including phenoxy) is 2. The number of hydrogen-bond acceptors (Lipinski definition) is 5. The van der Waals surface area contributed by atoms with Crippen molar-refractivity contribution in [3.8, 4) is 5.75 Å². The minimum Gasteiger partial charge on any atom is -0.427 e. The molecular weight excluding hydrogens is 370 g/mol. The van der Waals surface area contributed by atoms with Gasteiger partial charge in [-0.15, -0.1) is 0 Å². The second kappa shape index (κ2) is 17.0. The largest absolute Gasteiger partial charge is 0.427 e. The van der Waals surface area contributed by atoms with E-state index in [1.54, 1.807) is 7.11 Å². The summed E-state index contributed by atoms with van der Waals surface area (Å²) < 4.78 is 10.3. The molecule has 6 nitrogen and oxygen atoms in total. The highest BCUT2D eigenvalue weighted by Gasteiger charge is 2.08. The van der Waals surface area contributed by atoms with Gasteiger partial charge in [-0.3, -0.25) is 14.9 Å². The first kappa shape index (κ1) is 25.1. The summed E-state index contributed by atoms with van der Waals surface area (Å²) in [5, 5.41) is 10.6. The van der Waals surface area contributed by atoms with Gasteiger partial charge < -0.3 is 9.47 Å². The van der Waals surface area contributed by atoms with Crippen LogP contribution in [0.3, 0.4) is 0 Å². The number of benzene rings is 1. The highest BCUT2D eigenvalue weighted by atomic mass is 16.6. The maximum absolute atomic E-state index is 11.8. The highest BCUT2D eigenvalue weighted by Crippen LogP contribution is 2.18. The maximum Gasteiger partial charge on any atom is 0.311 e. The van der Waals surface area contributed by atoms with Crippen molar-refractivity contribution in [3.05, 3.63) is 34.4 Å². The summed E-state index contributed by atoms with van der Waals surface area (Å²) >= 11 is 0. The van der Waals surface area contributed by atoms with E-state index >= 15 is 0 Å². The maximum atomic E-state index is 11.8. The SMILES string of the molecule is COCCCCCCCCCCCCCCCC(=O)Oc1ccc([N+](=O)[O-])cc1. The van der Waals surface area contributed by atoms with Crippen molar-refractivity contribution in [2.24, 2.45) is 0 Å². The van der Waals surface area contributed by atoms with E-state index in [0.29, 0.717) is 12.2 Å². The molecular formula is C23H37NO5. The monoisotopic (exact) mass is 407 g/mol. The summed E-state index contributed by atoms with van der Waals surface area (Å²) in [5.74, 6) is 0.0802. The third-order valence-corrected chi connectivity index (χ3v) is 5.01. The molecule has 1 aromatic rings. The predicted octanol–water partition coefficient (Wildman–Crippen LogP) is 6.61. The van der Waals surface area contributed by atoms with Gasteiger partial charge in [-0.1, -0.05) is 70.6 Å². The molecule has 0 bridgehead atoms. The summed E-state index contributed by atoms with van der Waals surface area (Å²) in [4.78, 5) is 21.9. The van der Waals surface area contributed by atoms with Crippen LogP contribution in [0.15, 0.2) is 24.3 Å². The van der Waals surface area contributed by atoms with E-state index in [-0.39, 0.29) is 11.7 Å². The topological polar surface area (TPSA) is 78.7 Å². The molecule has 0 amide bonds. The molecule has 1 aromatic carbocycles. The Morgan fingerprint density at radius 2 is 1.24 bits per heavy atom. The van der Waals surface area contributed by atoms with Crippen LogP contribution in [0.25, 0.3) is 0 Å². The van der Waals surface area contributed by atoms with Gasteiger partial charge in [0, 0.05) is 32.3 Å². The quantitative estimate of drug-likeness (QED) is 0.0899. The molecule has 0 saturated heterocycles. The number of esters is 1. The minimum absolute atomic E-state index is 0.0113. The molecule has 0 aromatic heterocycles. The van der Waals surface area contributed by atoms with Crippen LogP contribution in [-0.4, -0.2) is 24.6 Å². The van der Waals surface area contributed by atoms with Crippen LogP contribution >= 0.6 is 0 Å². The molecule has 0 spiro atoms. The average Bonchev–Trinajstić information content (AvgIpc) is 2.71. The van der Waals surface area contributed by atoms with Gasteiger partial charge in [0.1, 0.15) is 5.75 Å². The number of nitro benzene ring substituents is 1. The van der Waals surface area contributed by atoms with Gasteiger partial charge in [0.2, 0.25) is 0 Å². The summed E-state index contributed by atoms with van der Waals surface area (Å²) in [6.07, 6.45) is 16.4. The lowest BCUT2D eigenvalue weighted by molar-refractivity contribution is -0.384. The van der Waals surface area contributed by atoms with Gasteiger partial charge in [0.25, 0.3) is 5.69 Å². The number of nitro groups is 1. The van der Waals surface area contributed by atoms with E-state index in [0.717, 1.165) is 25.9 Å². The third kappa shape index (κ3) is 13.8. The molecule has 164 valence electrons. The van der Waals surface area contributed by atoms with Crippen molar-refractivity contribution in [3.63, 3.8) is 0 Å². The zero-order valence-corrected chi connectivity index (χ0v) is 17.9. The van der Waals surface area contributed by atoms with Crippen LogP contribution in [0.2, 0.25) is 0 Å². The lowest BCUT2D eigenvalue weighted by Gasteiger charge is -2.05. The molecule has 0 N–H and O–H groups in total. The number of hydrogen-bond donors (Lipinski definition) is 0. The van der Waals surface area contributed by atoms with Gasteiger partial charge in [-0.2, -0.15) is 0 Å². The van der Waals surface area contributed by atoms with Crippen LogP contribution in [-0.2, 0) is 9.53 Å². The van der Waals surface area contributed by atoms with E-state index in [1.807, 2.05) is 0 Å². The first-order valence-electron chi connectivity index (χ1n) is 11.1. The summed E-state index contributed by atoms with van der Waals surface area (Å²) in [6.45, 7) is 0.890. The number of carbonyl (C=O) groups excluding carboxylic acids is 1. The smallest absolute Gasteiger partial charge is 0.311 e. The first-order chi connectivity index (χ1) is 14.1. The Balaban J connectivity index is 1.88. The number of unbranched alkanes of at least 4 members (excludes halogenated alkanes) is 12. The molecule has 6 heteroatoms. The van der Waals surface area contributed by atoms with Crippen molar-refractivity contribution >= 4 is 11.7 Å². The first-order valence-corrected chi connectivity index (χ1v) is 11.1. The fraction of sp³-hybridized carbons (Fsp3) is 0.696. The second-order valence-electron chi connectivity index (χ2n) is 7.56. The van der Waals surface area contributed by atoms with E-state index in [4.69, 9.17) is 9.47 Å². The fourth-order valence-corrected chi connectivity index (χ4v) is 3.28. The fourth-order valence-electron chi connectivity index (χ4n) is 3.28. The van der Waals surface area contributed by atoms with Crippen molar-refractivity contribution in [1.82, 2.24) is 0 Å². The third-order valence-electron chi connectivity index (χ3n) is 5.01. The van der Waals surface area contributed by atoms with Crippen LogP contribution in [0.1, 0.15) is 89.9 Å².